The minimum Gasteiger partial charge on any atom is -0.480 e. The highest BCUT2D eigenvalue weighted by molar-refractivity contribution is 5.82. The smallest absolute Gasteiger partial charge is 0.390 e. The lowest BCUT2D eigenvalue weighted by molar-refractivity contribution is -0.139. The van der Waals surface area contributed by atoms with E-state index in [1.165, 1.54) is 0 Å². The molecule has 0 aromatic carbocycles. The molecule has 0 aromatic heterocycles. The van der Waals surface area contributed by atoms with E-state index in [4.69, 9.17) is 5.11 Å². The minimum atomic E-state index is -4.35. The van der Waals surface area contributed by atoms with Gasteiger partial charge in [0.05, 0.1) is 6.42 Å². The highest BCUT2D eigenvalue weighted by Gasteiger charge is 2.27. The fourth-order valence-electron chi connectivity index (χ4n) is 1.22. The van der Waals surface area contributed by atoms with Crippen molar-refractivity contribution in [2.75, 3.05) is 6.54 Å². The molecule has 5 nitrogen and oxygen atoms in total. The molecule has 18 heavy (non-hydrogen) atoms. The van der Waals surface area contributed by atoms with Gasteiger partial charge in [-0.1, -0.05) is 13.8 Å². The Morgan fingerprint density at radius 1 is 1.28 bits per heavy atom. The van der Waals surface area contributed by atoms with Crippen LogP contribution in [0.1, 0.15) is 26.7 Å². The summed E-state index contributed by atoms with van der Waals surface area (Å²) in [6.45, 7) is 2.97. The lowest BCUT2D eigenvalue weighted by atomic mass is 10.0. The monoisotopic (exact) mass is 270 g/mol. The molecule has 0 spiro atoms. The third-order valence-corrected chi connectivity index (χ3v) is 2.00. The van der Waals surface area contributed by atoms with Crippen molar-refractivity contribution in [3.8, 4) is 0 Å². The van der Waals surface area contributed by atoms with Crippen LogP contribution in [0.2, 0.25) is 0 Å². The summed E-state index contributed by atoms with van der Waals surface area (Å²) in [6, 6.07) is -2.01. The third kappa shape index (κ3) is 8.66. The van der Waals surface area contributed by atoms with Crippen LogP contribution in [0.5, 0.6) is 0 Å². The van der Waals surface area contributed by atoms with E-state index in [1.807, 2.05) is 5.32 Å². The van der Waals surface area contributed by atoms with Crippen molar-refractivity contribution in [1.82, 2.24) is 10.6 Å². The highest BCUT2D eigenvalue weighted by Crippen LogP contribution is 2.18. The molecule has 0 bridgehead atoms. The zero-order valence-electron chi connectivity index (χ0n) is 10.2. The van der Waals surface area contributed by atoms with Crippen LogP contribution >= 0.6 is 0 Å². The number of urea groups is 1. The van der Waals surface area contributed by atoms with Gasteiger partial charge in [0.2, 0.25) is 0 Å². The molecule has 3 N–H and O–H groups in total. The molecule has 0 aliphatic carbocycles. The number of amides is 2. The van der Waals surface area contributed by atoms with E-state index in [-0.39, 0.29) is 12.3 Å². The number of carboxylic acid groups (broad SMARTS) is 1. The molecule has 0 rings (SSSR count). The standard InChI is InChI=1S/C10H17F3N2O3/c1-6(2)5-7(8(16)17)15-9(18)14-4-3-10(11,12)13/h6-7H,3-5H2,1-2H3,(H,16,17)(H2,14,15,18)/t7-/m1/s1. The summed E-state index contributed by atoms with van der Waals surface area (Å²) in [5.74, 6) is -1.17. The molecule has 0 radical (unpaired) electrons. The first-order chi connectivity index (χ1) is 8.11. The Morgan fingerprint density at radius 3 is 2.22 bits per heavy atom. The topological polar surface area (TPSA) is 78.4 Å². The summed E-state index contributed by atoms with van der Waals surface area (Å²) in [7, 11) is 0. The van der Waals surface area contributed by atoms with E-state index in [0.29, 0.717) is 0 Å². The average Bonchev–Trinajstić information content (AvgIpc) is 2.13. The lowest BCUT2D eigenvalue weighted by Gasteiger charge is -2.17. The highest BCUT2D eigenvalue weighted by atomic mass is 19.4. The first-order valence-corrected chi connectivity index (χ1v) is 5.45. The SMILES string of the molecule is CC(C)C[C@@H](NC(=O)NCCC(F)(F)F)C(=O)O. The number of halogens is 3. The largest absolute Gasteiger partial charge is 0.480 e. The van der Waals surface area contributed by atoms with Crippen molar-refractivity contribution in [2.24, 2.45) is 5.92 Å². The molecule has 0 saturated heterocycles. The molecule has 0 aliphatic heterocycles. The predicted octanol–water partition coefficient (Wildman–Crippen LogP) is 1.74. The Balaban J connectivity index is 4.07. The van der Waals surface area contributed by atoms with Gasteiger partial charge in [-0.2, -0.15) is 13.2 Å². The Bertz CT molecular complexity index is 293. The number of hydrogen-bond acceptors (Lipinski definition) is 2. The quantitative estimate of drug-likeness (QED) is 0.688. The van der Waals surface area contributed by atoms with Crippen LogP contribution < -0.4 is 10.6 Å². The third-order valence-electron chi connectivity index (χ3n) is 2.00. The van der Waals surface area contributed by atoms with Gasteiger partial charge in [-0.25, -0.2) is 9.59 Å². The second kappa shape index (κ2) is 7.07. The van der Waals surface area contributed by atoms with E-state index >= 15 is 0 Å². The van der Waals surface area contributed by atoms with Crippen LogP contribution in [0.3, 0.4) is 0 Å². The van der Waals surface area contributed by atoms with Crippen molar-refractivity contribution in [3.63, 3.8) is 0 Å². The number of carbonyl (C=O) groups excluding carboxylic acids is 1. The van der Waals surface area contributed by atoms with Gasteiger partial charge < -0.3 is 15.7 Å². The number of alkyl halides is 3. The number of aliphatic carboxylic acids is 1. The average molecular weight is 270 g/mol. The van der Waals surface area contributed by atoms with Gasteiger partial charge in [0.1, 0.15) is 6.04 Å². The Morgan fingerprint density at radius 2 is 1.83 bits per heavy atom. The van der Waals surface area contributed by atoms with E-state index in [0.717, 1.165) is 0 Å². The summed E-state index contributed by atoms with van der Waals surface area (Å²) in [6.07, 6.45) is -5.29. The summed E-state index contributed by atoms with van der Waals surface area (Å²) < 4.78 is 35.4. The van der Waals surface area contributed by atoms with Crippen LogP contribution in [0.4, 0.5) is 18.0 Å². The van der Waals surface area contributed by atoms with Crippen molar-refractivity contribution in [2.45, 2.75) is 38.9 Å². The van der Waals surface area contributed by atoms with Crippen LogP contribution in [0.15, 0.2) is 0 Å². The molecular formula is C10H17F3N2O3. The fraction of sp³-hybridized carbons (Fsp3) is 0.800. The molecule has 0 fully saturated rings. The summed E-state index contributed by atoms with van der Waals surface area (Å²) in [5, 5.41) is 12.9. The maximum absolute atomic E-state index is 11.8. The fourth-order valence-corrected chi connectivity index (χ4v) is 1.22. The van der Waals surface area contributed by atoms with Crippen molar-refractivity contribution in [1.29, 1.82) is 0 Å². The minimum absolute atomic E-state index is 0.0431. The molecule has 2 amide bonds. The van der Waals surface area contributed by atoms with Crippen LogP contribution in [0.25, 0.3) is 0 Å². The molecule has 106 valence electrons. The van der Waals surface area contributed by atoms with Crippen molar-refractivity contribution in [3.05, 3.63) is 0 Å². The van der Waals surface area contributed by atoms with Crippen LogP contribution in [-0.4, -0.2) is 35.9 Å². The second-order valence-corrected chi connectivity index (χ2v) is 4.29. The van der Waals surface area contributed by atoms with E-state index in [2.05, 4.69) is 5.32 Å². The molecule has 1 atom stereocenters. The van der Waals surface area contributed by atoms with Crippen LogP contribution in [0, 0.1) is 5.92 Å². The predicted molar refractivity (Wildman–Crippen MR) is 58.1 cm³/mol. The first-order valence-electron chi connectivity index (χ1n) is 5.45. The zero-order chi connectivity index (χ0) is 14.3. The molecule has 0 aromatic rings. The van der Waals surface area contributed by atoms with Crippen LogP contribution in [-0.2, 0) is 4.79 Å². The Labute approximate surface area is 103 Å². The van der Waals surface area contributed by atoms with E-state index in [9.17, 15) is 22.8 Å². The summed E-state index contributed by atoms with van der Waals surface area (Å²) >= 11 is 0. The number of carboxylic acids is 1. The van der Waals surface area contributed by atoms with Gasteiger partial charge >= 0.3 is 18.2 Å². The lowest BCUT2D eigenvalue weighted by Crippen LogP contribution is -2.47. The molecule has 0 unspecified atom stereocenters. The number of nitrogens with one attached hydrogen (secondary N) is 2. The number of carbonyl (C=O) groups is 2. The van der Waals surface area contributed by atoms with Gasteiger partial charge in [0.15, 0.2) is 0 Å². The maximum atomic E-state index is 11.8. The number of rotatable bonds is 6. The molecule has 0 heterocycles. The normalized spacial score (nSPS) is 13.2. The second-order valence-electron chi connectivity index (χ2n) is 4.29. The maximum Gasteiger partial charge on any atom is 0.390 e. The van der Waals surface area contributed by atoms with Gasteiger partial charge in [-0.05, 0) is 12.3 Å². The molecule has 8 heteroatoms. The van der Waals surface area contributed by atoms with Gasteiger partial charge in [0, 0.05) is 6.54 Å². The number of hydrogen-bond donors (Lipinski definition) is 3. The molecule has 0 aliphatic rings. The van der Waals surface area contributed by atoms with Gasteiger partial charge in [-0.15, -0.1) is 0 Å². The zero-order valence-corrected chi connectivity index (χ0v) is 10.2. The summed E-state index contributed by atoms with van der Waals surface area (Å²) in [5.41, 5.74) is 0. The molecular weight excluding hydrogens is 253 g/mol. The first kappa shape index (κ1) is 16.5. The van der Waals surface area contributed by atoms with E-state index < -0.39 is 37.2 Å². The Hall–Kier alpha value is -1.47. The van der Waals surface area contributed by atoms with Gasteiger partial charge in [-0.3, -0.25) is 0 Å². The summed E-state index contributed by atoms with van der Waals surface area (Å²) in [4.78, 5) is 22.0. The molecule has 0 saturated carbocycles. The van der Waals surface area contributed by atoms with Crippen molar-refractivity contribution >= 4 is 12.0 Å². The van der Waals surface area contributed by atoms with Gasteiger partial charge in [0.25, 0.3) is 0 Å². The Kier molecular flexibility index (Phi) is 6.50. The van der Waals surface area contributed by atoms with Crippen molar-refractivity contribution < 1.29 is 27.9 Å². The van der Waals surface area contributed by atoms with E-state index in [1.54, 1.807) is 13.8 Å².